The van der Waals surface area contributed by atoms with E-state index in [1.165, 1.54) is 32.1 Å². The van der Waals surface area contributed by atoms with Gasteiger partial charge in [0.2, 0.25) is 0 Å². The van der Waals surface area contributed by atoms with Gasteiger partial charge < -0.3 is 14.4 Å². The Morgan fingerprint density at radius 1 is 1.11 bits per heavy atom. The van der Waals surface area contributed by atoms with Crippen molar-refractivity contribution < 1.29 is 14.6 Å². The van der Waals surface area contributed by atoms with E-state index in [1.54, 1.807) is 17.7 Å². The lowest BCUT2D eigenvalue weighted by molar-refractivity contribution is 0.0687. The fourth-order valence-corrected chi connectivity index (χ4v) is 3.35. The summed E-state index contributed by atoms with van der Waals surface area (Å²) in [5.41, 5.74) is 2.39. The summed E-state index contributed by atoms with van der Waals surface area (Å²) < 4.78 is 7.45. The maximum atomic E-state index is 11.3. The second-order valence-electron chi connectivity index (χ2n) is 7.12. The third kappa shape index (κ3) is 6.30. The molecule has 1 aromatic heterocycles. The molecule has 1 aromatic carbocycles. The van der Waals surface area contributed by atoms with E-state index in [0.717, 1.165) is 28.6 Å². The molecule has 0 unspecified atom stereocenters. The molecule has 1 heterocycles. The van der Waals surface area contributed by atoms with E-state index in [4.69, 9.17) is 4.74 Å². The summed E-state index contributed by atoms with van der Waals surface area (Å²) in [5, 5.41) is 10.2. The van der Waals surface area contributed by atoms with Crippen LogP contribution in [0.4, 0.5) is 0 Å². The molecule has 1 fully saturated rings. The number of hydrogen-bond donors (Lipinski definition) is 1. The van der Waals surface area contributed by atoms with Crippen LogP contribution in [0, 0.1) is 0 Å². The van der Waals surface area contributed by atoms with Crippen molar-refractivity contribution in [2.24, 2.45) is 7.05 Å². The molecule has 4 nitrogen and oxygen atoms in total. The summed E-state index contributed by atoms with van der Waals surface area (Å²) >= 11 is 0. The van der Waals surface area contributed by atoms with Crippen LogP contribution < -0.4 is 4.74 Å². The maximum absolute atomic E-state index is 11.3. The molecule has 0 spiro atoms. The number of hydrogen-bond acceptors (Lipinski definition) is 2. The number of benzene rings is 1. The minimum Gasteiger partial charge on any atom is -0.494 e. The highest BCUT2D eigenvalue weighted by Gasteiger charge is 2.17. The Morgan fingerprint density at radius 3 is 2.11 bits per heavy atom. The van der Waals surface area contributed by atoms with Gasteiger partial charge in [-0.1, -0.05) is 66.7 Å². The second-order valence-corrected chi connectivity index (χ2v) is 7.12. The van der Waals surface area contributed by atoms with Crippen molar-refractivity contribution >= 4 is 16.9 Å². The molecular weight excluding hydrogens is 338 g/mol. The van der Waals surface area contributed by atoms with Crippen LogP contribution in [-0.4, -0.2) is 22.2 Å². The normalized spacial score (nSPS) is 13.0. The van der Waals surface area contributed by atoms with Gasteiger partial charge >= 0.3 is 5.97 Å². The van der Waals surface area contributed by atoms with Crippen molar-refractivity contribution in [3.05, 3.63) is 29.5 Å². The van der Waals surface area contributed by atoms with Crippen LogP contribution in [0.3, 0.4) is 0 Å². The number of carboxylic acid groups (broad SMARTS) is 1. The van der Waals surface area contributed by atoms with E-state index >= 15 is 0 Å². The first-order valence-electron chi connectivity index (χ1n) is 10.4. The Kier molecular flexibility index (Phi) is 9.98. The Labute approximate surface area is 164 Å². The lowest BCUT2D eigenvalue weighted by Gasteiger charge is -2.13. The summed E-state index contributed by atoms with van der Waals surface area (Å²) in [4.78, 5) is 11.3. The number of aryl methyl sites for hydroxylation is 1. The summed E-state index contributed by atoms with van der Waals surface area (Å²) in [6, 6.07) is 5.65. The van der Waals surface area contributed by atoms with Gasteiger partial charge in [0, 0.05) is 12.4 Å². The number of fused-ring (bicyclic) bond motifs is 1. The molecule has 0 bridgehead atoms. The molecular formula is C23H37NO3. The van der Waals surface area contributed by atoms with E-state index in [-0.39, 0.29) is 0 Å². The first-order valence-corrected chi connectivity index (χ1v) is 10.4. The van der Waals surface area contributed by atoms with Crippen molar-refractivity contribution in [2.75, 3.05) is 6.61 Å². The SMILES string of the molecule is C1CCCC1.CC.CCCOc1cc(C(C)C)c2c(c1)cc(C(=O)O)n2C. The Morgan fingerprint density at radius 2 is 1.67 bits per heavy atom. The van der Waals surface area contributed by atoms with E-state index in [0.29, 0.717) is 18.2 Å². The highest BCUT2D eigenvalue weighted by Crippen LogP contribution is 2.32. The summed E-state index contributed by atoms with van der Waals surface area (Å²) in [6.07, 6.45) is 8.45. The molecule has 0 radical (unpaired) electrons. The largest absolute Gasteiger partial charge is 0.494 e. The van der Waals surface area contributed by atoms with Crippen LogP contribution in [0.15, 0.2) is 18.2 Å². The van der Waals surface area contributed by atoms with Gasteiger partial charge in [-0.25, -0.2) is 4.79 Å². The highest BCUT2D eigenvalue weighted by atomic mass is 16.5. The van der Waals surface area contributed by atoms with Gasteiger partial charge in [0.15, 0.2) is 0 Å². The maximum Gasteiger partial charge on any atom is 0.352 e. The summed E-state index contributed by atoms with van der Waals surface area (Å²) in [5.74, 6) is 0.206. The lowest BCUT2D eigenvalue weighted by atomic mass is 10.00. The number of carbonyl (C=O) groups is 1. The molecule has 2 aromatic rings. The van der Waals surface area contributed by atoms with Crippen LogP contribution in [0.2, 0.25) is 0 Å². The highest BCUT2D eigenvalue weighted by molar-refractivity contribution is 5.96. The van der Waals surface area contributed by atoms with Crippen molar-refractivity contribution in [2.45, 2.75) is 79.1 Å². The van der Waals surface area contributed by atoms with E-state index in [1.807, 2.05) is 26.0 Å². The van der Waals surface area contributed by atoms with Crippen molar-refractivity contribution in [3.8, 4) is 5.75 Å². The van der Waals surface area contributed by atoms with E-state index < -0.39 is 5.97 Å². The number of carboxylic acids is 1. The Balaban J connectivity index is 0.000000441. The fraction of sp³-hybridized carbons (Fsp3) is 0.609. The second kappa shape index (κ2) is 11.7. The fourth-order valence-electron chi connectivity index (χ4n) is 3.35. The summed E-state index contributed by atoms with van der Waals surface area (Å²) in [6.45, 7) is 10.9. The zero-order valence-electron chi connectivity index (χ0n) is 18.0. The zero-order chi connectivity index (χ0) is 20.4. The van der Waals surface area contributed by atoms with Gasteiger partial charge in [-0.15, -0.1) is 0 Å². The predicted octanol–water partition coefficient (Wildman–Crippen LogP) is 6.77. The first-order chi connectivity index (χ1) is 13.0. The molecule has 1 saturated carbocycles. The summed E-state index contributed by atoms with van der Waals surface area (Å²) in [7, 11) is 1.80. The smallest absolute Gasteiger partial charge is 0.352 e. The third-order valence-electron chi connectivity index (χ3n) is 4.70. The third-order valence-corrected chi connectivity index (χ3v) is 4.70. The van der Waals surface area contributed by atoms with Crippen molar-refractivity contribution in [3.63, 3.8) is 0 Å². The van der Waals surface area contributed by atoms with Crippen LogP contribution in [0.5, 0.6) is 5.75 Å². The van der Waals surface area contributed by atoms with Gasteiger partial charge in [0.05, 0.1) is 12.1 Å². The van der Waals surface area contributed by atoms with Crippen LogP contribution in [-0.2, 0) is 7.05 Å². The Hall–Kier alpha value is -1.97. The molecule has 0 amide bonds. The van der Waals surface area contributed by atoms with Gasteiger partial charge in [-0.05, 0) is 36.1 Å². The molecule has 0 saturated heterocycles. The molecule has 152 valence electrons. The van der Waals surface area contributed by atoms with Gasteiger partial charge in [0.25, 0.3) is 0 Å². The van der Waals surface area contributed by atoms with Crippen molar-refractivity contribution in [1.29, 1.82) is 0 Å². The number of rotatable bonds is 5. The van der Waals surface area contributed by atoms with Gasteiger partial charge in [-0.3, -0.25) is 0 Å². The first kappa shape index (κ1) is 23.1. The molecule has 0 atom stereocenters. The number of aromatic nitrogens is 1. The monoisotopic (exact) mass is 375 g/mol. The molecule has 4 heteroatoms. The number of aromatic carboxylic acids is 1. The average molecular weight is 376 g/mol. The molecule has 0 aliphatic heterocycles. The lowest BCUT2D eigenvalue weighted by Crippen LogP contribution is -2.05. The predicted molar refractivity (Wildman–Crippen MR) is 114 cm³/mol. The molecule has 1 N–H and O–H groups in total. The van der Waals surface area contributed by atoms with E-state index in [2.05, 4.69) is 20.8 Å². The van der Waals surface area contributed by atoms with Gasteiger partial charge in [0.1, 0.15) is 11.4 Å². The molecule has 1 aliphatic carbocycles. The van der Waals surface area contributed by atoms with Crippen LogP contribution >= 0.6 is 0 Å². The quantitative estimate of drug-likeness (QED) is 0.627. The van der Waals surface area contributed by atoms with Crippen LogP contribution in [0.25, 0.3) is 10.9 Å². The minimum absolute atomic E-state index is 0.301. The zero-order valence-corrected chi connectivity index (χ0v) is 18.0. The van der Waals surface area contributed by atoms with Crippen molar-refractivity contribution in [1.82, 2.24) is 4.57 Å². The average Bonchev–Trinajstić information content (AvgIpc) is 3.33. The Bertz CT molecular complexity index is 704. The minimum atomic E-state index is -0.908. The molecule has 27 heavy (non-hydrogen) atoms. The molecule has 3 rings (SSSR count). The van der Waals surface area contributed by atoms with Gasteiger partial charge in [-0.2, -0.15) is 0 Å². The number of ether oxygens (including phenoxy) is 1. The topological polar surface area (TPSA) is 51.5 Å². The molecule has 1 aliphatic rings. The van der Waals surface area contributed by atoms with E-state index in [9.17, 15) is 9.90 Å². The standard InChI is InChI=1S/C16H21NO3.C5H10.C2H6/c1-5-6-20-12-7-11-8-14(16(18)19)17(4)15(11)13(9-12)10(2)3;1-2-4-5-3-1;1-2/h7-10H,5-6H2,1-4H3,(H,18,19);1-5H2;1-2H3. The number of nitrogens with zero attached hydrogens (tertiary/aromatic N) is 1. The van der Waals surface area contributed by atoms with Crippen LogP contribution in [0.1, 0.15) is 95.1 Å².